The minimum absolute atomic E-state index is 0.0299. The number of carboxylic acid groups (broad SMARTS) is 1. The second-order valence-corrected chi connectivity index (χ2v) is 6.81. The fourth-order valence-corrected chi connectivity index (χ4v) is 4.59. The van der Waals surface area contributed by atoms with Gasteiger partial charge in [0.25, 0.3) is 0 Å². The summed E-state index contributed by atoms with van der Waals surface area (Å²) in [5, 5.41) is 9.17. The van der Waals surface area contributed by atoms with Gasteiger partial charge in [-0.05, 0) is 32.1 Å². The summed E-state index contributed by atoms with van der Waals surface area (Å²) in [5.74, 6) is 0.266. The molecule has 3 rings (SSSR count). The lowest BCUT2D eigenvalue weighted by Crippen LogP contribution is -2.52. The molecule has 2 bridgehead atoms. The molecule has 0 aromatic heterocycles. The minimum Gasteiger partial charge on any atom is -0.480 e. The van der Waals surface area contributed by atoms with Crippen LogP contribution in [0.4, 0.5) is 4.79 Å². The third kappa shape index (κ3) is 1.77. The number of urea groups is 1. The Morgan fingerprint density at radius 2 is 2.11 bits per heavy atom. The summed E-state index contributed by atoms with van der Waals surface area (Å²) in [4.78, 5) is 27.2. The van der Waals surface area contributed by atoms with Crippen LogP contribution in [-0.4, -0.2) is 56.7 Å². The van der Waals surface area contributed by atoms with Gasteiger partial charge < -0.3 is 10.0 Å². The standard InChI is InChI=1S/C12H18N2O3S/c1-7-14(10(6-18-7)11(15)16)12(17)13-5-8-2-3-9(13)4-8/h7-10H,2-6H2,1H3,(H,15,16). The number of nitrogens with zero attached hydrogens (tertiary/aromatic N) is 2. The molecule has 2 aliphatic heterocycles. The van der Waals surface area contributed by atoms with E-state index < -0.39 is 12.0 Å². The maximum absolute atomic E-state index is 12.5. The molecule has 0 aromatic rings. The van der Waals surface area contributed by atoms with Crippen LogP contribution in [0.1, 0.15) is 26.2 Å². The van der Waals surface area contributed by atoms with E-state index in [4.69, 9.17) is 0 Å². The fourth-order valence-electron chi connectivity index (χ4n) is 3.43. The first-order chi connectivity index (χ1) is 8.58. The van der Waals surface area contributed by atoms with Crippen molar-refractivity contribution < 1.29 is 14.7 Å². The van der Waals surface area contributed by atoms with Crippen LogP contribution in [0.2, 0.25) is 0 Å². The van der Waals surface area contributed by atoms with Crippen molar-refractivity contribution in [3.05, 3.63) is 0 Å². The third-order valence-corrected chi connectivity index (χ3v) is 5.60. The van der Waals surface area contributed by atoms with Crippen molar-refractivity contribution in [2.75, 3.05) is 12.3 Å². The van der Waals surface area contributed by atoms with E-state index in [9.17, 15) is 14.7 Å². The van der Waals surface area contributed by atoms with E-state index in [2.05, 4.69) is 0 Å². The number of carbonyl (C=O) groups is 2. The molecule has 6 heteroatoms. The van der Waals surface area contributed by atoms with Crippen molar-refractivity contribution in [3.63, 3.8) is 0 Å². The average molecular weight is 270 g/mol. The molecule has 2 saturated heterocycles. The summed E-state index contributed by atoms with van der Waals surface area (Å²) in [5.41, 5.74) is 0. The average Bonchev–Trinajstić information content (AvgIpc) is 3.01. The van der Waals surface area contributed by atoms with Crippen molar-refractivity contribution in [2.45, 2.75) is 43.6 Å². The van der Waals surface area contributed by atoms with Gasteiger partial charge in [-0.1, -0.05) is 0 Å². The second-order valence-electron chi connectivity index (χ2n) is 5.46. The normalized spacial score (nSPS) is 38.5. The molecule has 4 unspecified atom stereocenters. The number of carboxylic acids is 1. The van der Waals surface area contributed by atoms with Gasteiger partial charge >= 0.3 is 12.0 Å². The quantitative estimate of drug-likeness (QED) is 0.783. The maximum atomic E-state index is 12.5. The zero-order chi connectivity index (χ0) is 12.9. The molecule has 1 saturated carbocycles. The Morgan fingerprint density at radius 1 is 1.33 bits per heavy atom. The molecule has 18 heavy (non-hydrogen) atoms. The largest absolute Gasteiger partial charge is 0.480 e. The van der Waals surface area contributed by atoms with Crippen LogP contribution in [0.3, 0.4) is 0 Å². The molecule has 0 spiro atoms. The van der Waals surface area contributed by atoms with Crippen molar-refractivity contribution in [1.29, 1.82) is 0 Å². The molecular weight excluding hydrogens is 252 g/mol. The first-order valence-corrected chi connectivity index (χ1v) is 7.56. The third-order valence-electron chi connectivity index (χ3n) is 4.38. The number of amides is 2. The van der Waals surface area contributed by atoms with Crippen LogP contribution in [0, 0.1) is 5.92 Å². The summed E-state index contributed by atoms with van der Waals surface area (Å²) >= 11 is 1.55. The molecule has 2 amide bonds. The van der Waals surface area contributed by atoms with Crippen molar-refractivity contribution in [2.24, 2.45) is 5.92 Å². The van der Waals surface area contributed by atoms with Crippen LogP contribution in [-0.2, 0) is 4.79 Å². The highest BCUT2D eigenvalue weighted by Crippen LogP contribution is 2.39. The SMILES string of the molecule is CC1SCC(C(=O)O)N1C(=O)N1CC2CCC1C2. The van der Waals surface area contributed by atoms with Crippen molar-refractivity contribution in [1.82, 2.24) is 9.80 Å². The van der Waals surface area contributed by atoms with Crippen LogP contribution in [0.5, 0.6) is 0 Å². The van der Waals surface area contributed by atoms with Crippen LogP contribution >= 0.6 is 11.8 Å². The first-order valence-electron chi connectivity index (χ1n) is 6.51. The molecule has 1 N–H and O–H groups in total. The number of aliphatic carboxylic acids is 1. The zero-order valence-electron chi connectivity index (χ0n) is 10.4. The number of carbonyl (C=O) groups excluding carboxylic acids is 1. The van der Waals surface area contributed by atoms with Gasteiger partial charge in [-0.25, -0.2) is 9.59 Å². The van der Waals surface area contributed by atoms with E-state index >= 15 is 0 Å². The topological polar surface area (TPSA) is 60.9 Å². The molecule has 4 atom stereocenters. The highest BCUT2D eigenvalue weighted by molar-refractivity contribution is 8.00. The summed E-state index contributed by atoms with van der Waals surface area (Å²) in [6, 6.07) is -0.363. The van der Waals surface area contributed by atoms with E-state index in [1.54, 1.807) is 16.7 Å². The monoisotopic (exact) mass is 270 g/mol. The van der Waals surface area contributed by atoms with Crippen LogP contribution in [0.15, 0.2) is 0 Å². The highest BCUT2D eigenvalue weighted by atomic mass is 32.2. The number of hydrogen-bond acceptors (Lipinski definition) is 3. The van der Waals surface area contributed by atoms with Crippen LogP contribution in [0.25, 0.3) is 0 Å². The van der Waals surface area contributed by atoms with Gasteiger partial charge in [0.1, 0.15) is 6.04 Å². The number of likely N-dealkylation sites (tertiary alicyclic amines) is 1. The van der Waals surface area contributed by atoms with Crippen LogP contribution < -0.4 is 0 Å². The molecule has 5 nitrogen and oxygen atoms in total. The van der Waals surface area contributed by atoms with Gasteiger partial charge in [0, 0.05) is 18.3 Å². The Balaban J connectivity index is 1.76. The molecule has 1 aliphatic carbocycles. The van der Waals surface area contributed by atoms with E-state index in [1.165, 1.54) is 6.42 Å². The molecule has 0 aromatic carbocycles. The van der Waals surface area contributed by atoms with Crippen molar-refractivity contribution >= 4 is 23.8 Å². The highest BCUT2D eigenvalue weighted by Gasteiger charge is 2.47. The number of thioether (sulfide) groups is 1. The Kier molecular flexibility index (Phi) is 2.92. The number of rotatable bonds is 1. The lowest BCUT2D eigenvalue weighted by Gasteiger charge is -2.34. The van der Waals surface area contributed by atoms with Crippen molar-refractivity contribution in [3.8, 4) is 0 Å². The fraction of sp³-hybridized carbons (Fsp3) is 0.833. The summed E-state index contributed by atoms with van der Waals surface area (Å²) in [6.07, 6.45) is 3.42. The van der Waals surface area contributed by atoms with E-state index in [0.717, 1.165) is 19.4 Å². The summed E-state index contributed by atoms with van der Waals surface area (Å²) in [7, 11) is 0. The van der Waals surface area contributed by atoms with Gasteiger partial charge in [-0.15, -0.1) is 11.8 Å². The van der Waals surface area contributed by atoms with Gasteiger partial charge in [0.05, 0.1) is 5.37 Å². The molecule has 3 aliphatic rings. The molecular formula is C12H18N2O3S. The predicted molar refractivity (Wildman–Crippen MR) is 68.4 cm³/mol. The van der Waals surface area contributed by atoms with Gasteiger partial charge in [0.15, 0.2) is 0 Å². The number of hydrogen-bond donors (Lipinski definition) is 1. The van der Waals surface area contributed by atoms with E-state index in [1.807, 2.05) is 11.8 Å². The van der Waals surface area contributed by atoms with Gasteiger partial charge in [0.2, 0.25) is 0 Å². The second kappa shape index (κ2) is 4.33. The maximum Gasteiger partial charge on any atom is 0.327 e. The molecule has 3 fully saturated rings. The number of piperidine rings is 1. The molecule has 100 valence electrons. The zero-order valence-corrected chi connectivity index (χ0v) is 11.2. The first kappa shape index (κ1) is 12.1. The number of fused-ring (bicyclic) bond motifs is 2. The Morgan fingerprint density at radius 3 is 2.67 bits per heavy atom. The van der Waals surface area contributed by atoms with Gasteiger partial charge in [-0.3, -0.25) is 4.90 Å². The van der Waals surface area contributed by atoms with E-state index in [-0.39, 0.29) is 11.4 Å². The Bertz CT molecular complexity index is 390. The minimum atomic E-state index is -0.885. The Labute approximate surface area is 110 Å². The predicted octanol–water partition coefficient (Wildman–Crippen LogP) is 1.44. The lowest BCUT2D eigenvalue weighted by molar-refractivity contribution is -0.141. The molecule has 0 radical (unpaired) electrons. The van der Waals surface area contributed by atoms with Gasteiger partial charge in [-0.2, -0.15) is 0 Å². The lowest BCUT2D eigenvalue weighted by atomic mass is 10.1. The van der Waals surface area contributed by atoms with E-state index in [0.29, 0.717) is 17.7 Å². The smallest absolute Gasteiger partial charge is 0.327 e. The summed E-state index contributed by atoms with van der Waals surface area (Å²) in [6.45, 7) is 2.74. The summed E-state index contributed by atoms with van der Waals surface area (Å²) < 4.78 is 0. The Hall–Kier alpha value is -0.910. The molecule has 2 heterocycles.